The third-order valence-electron chi connectivity index (χ3n) is 3.70. The summed E-state index contributed by atoms with van der Waals surface area (Å²) in [7, 11) is 0. The molecule has 1 saturated carbocycles. The molecule has 1 aromatic rings. The molecule has 7 nitrogen and oxygen atoms in total. The van der Waals surface area contributed by atoms with Gasteiger partial charge in [-0.2, -0.15) is 0 Å². The molecule has 22 heavy (non-hydrogen) atoms. The minimum absolute atomic E-state index is 0.297. The molecule has 0 aromatic carbocycles. The van der Waals surface area contributed by atoms with Crippen molar-refractivity contribution in [1.29, 1.82) is 0 Å². The number of nitrogens with one attached hydrogen (secondary N) is 2. The van der Waals surface area contributed by atoms with Crippen LogP contribution in [0.1, 0.15) is 31.4 Å². The largest absolute Gasteiger partial charge is 0.351 e. The SMILES string of the molecule is N[C@H]1CC[C@@H](Nc2nccc(C=C3SC(=O)NC3=O)n2)CC1. The molecule has 1 saturated heterocycles. The molecule has 2 fully saturated rings. The van der Waals surface area contributed by atoms with Crippen molar-refractivity contribution in [3.63, 3.8) is 0 Å². The molecular weight excluding hydrogens is 302 g/mol. The molecule has 0 spiro atoms. The van der Waals surface area contributed by atoms with Crippen molar-refractivity contribution in [2.75, 3.05) is 5.32 Å². The minimum atomic E-state index is -0.385. The van der Waals surface area contributed by atoms with E-state index in [9.17, 15) is 9.59 Å². The number of carbonyl (C=O) groups is 2. The molecule has 0 unspecified atom stereocenters. The van der Waals surface area contributed by atoms with Gasteiger partial charge in [-0.1, -0.05) is 0 Å². The van der Waals surface area contributed by atoms with Crippen LogP contribution in [0.3, 0.4) is 0 Å². The smallest absolute Gasteiger partial charge is 0.290 e. The van der Waals surface area contributed by atoms with Crippen molar-refractivity contribution >= 4 is 34.9 Å². The van der Waals surface area contributed by atoms with Crippen LogP contribution < -0.4 is 16.4 Å². The summed E-state index contributed by atoms with van der Waals surface area (Å²) in [5.41, 5.74) is 6.49. The minimum Gasteiger partial charge on any atom is -0.351 e. The highest BCUT2D eigenvalue weighted by atomic mass is 32.2. The Kier molecular flexibility index (Phi) is 4.39. The van der Waals surface area contributed by atoms with Gasteiger partial charge in [0.15, 0.2) is 0 Å². The number of hydrogen-bond donors (Lipinski definition) is 3. The zero-order valence-electron chi connectivity index (χ0n) is 11.9. The maximum Gasteiger partial charge on any atom is 0.290 e. The molecule has 4 N–H and O–H groups in total. The van der Waals surface area contributed by atoms with Gasteiger partial charge >= 0.3 is 0 Å². The lowest BCUT2D eigenvalue weighted by atomic mass is 9.92. The van der Waals surface area contributed by atoms with Crippen molar-refractivity contribution in [3.8, 4) is 0 Å². The van der Waals surface area contributed by atoms with Crippen molar-refractivity contribution in [1.82, 2.24) is 15.3 Å². The number of aromatic nitrogens is 2. The van der Waals surface area contributed by atoms with Crippen LogP contribution in [0.5, 0.6) is 0 Å². The first-order chi connectivity index (χ1) is 10.6. The summed E-state index contributed by atoms with van der Waals surface area (Å²) in [6.07, 6.45) is 7.23. The molecule has 0 bridgehead atoms. The van der Waals surface area contributed by atoms with Gasteiger partial charge in [0.05, 0.1) is 10.6 Å². The Bertz CT molecular complexity index is 625. The molecule has 1 aliphatic heterocycles. The third-order valence-corrected chi connectivity index (χ3v) is 4.51. The predicted octanol–water partition coefficient (Wildman–Crippen LogP) is 1.48. The van der Waals surface area contributed by atoms with Crippen LogP contribution in [0.15, 0.2) is 17.2 Å². The van der Waals surface area contributed by atoms with Crippen LogP contribution >= 0.6 is 11.8 Å². The Morgan fingerprint density at radius 2 is 2.09 bits per heavy atom. The zero-order valence-corrected chi connectivity index (χ0v) is 12.7. The van der Waals surface area contributed by atoms with Gasteiger partial charge in [-0.25, -0.2) is 9.97 Å². The highest BCUT2D eigenvalue weighted by molar-refractivity contribution is 8.18. The number of imide groups is 1. The van der Waals surface area contributed by atoms with E-state index < -0.39 is 0 Å². The van der Waals surface area contributed by atoms with Crippen LogP contribution in [-0.4, -0.2) is 33.2 Å². The van der Waals surface area contributed by atoms with Crippen molar-refractivity contribution in [2.24, 2.45) is 5.73 Å². The van der Waals surface area contributed by atoms with Gasteiger partial charge in [-0.05, 0) is 49.6 Å². The average molecular weight is 319 g/mol. The fourth-order valence-corrected chi connectivity index (χ4v) is 3.19. The summed E-state index contributed by atoms with van der Waals surface area (Å²) < 4.78 is 0. The number of rotatable bonds is 3. The van der Waals surface area contributed by atoms with E-state index in [-0.39, 0.29) is 11.1 Å². The lowest BCUT2D eigenvalue weighted by molar-refractivity contribution is -0.115. The van der Waals surface area contributed by atoms with E-state index in [1.54, 1.807) is 18.3 Å². The molecule has 1 aliphatic carbocycles. The number of amides is 2. The highest BCUT2D eigenvalue weighted by Crippen LogP contribution is 2.25. The summed E-state index contributed by atoms with van der Waals surface area (Å²) >= 11 is 0.877. The number of carbonyl (C=O) groups excluding carboxylic acids is 2. The van der Waals surface area contributed by atoms with Gasteiger partial charge in [0, 0.05) is 18.3 Å². The fraction of sp³-hybridized carbons (Fsp3) is 0.429. The topological polar surface area (TPSA) is 110 Å². The molecular formula is C14H17N5O2S. The summed E-state index contributed by atoms with van der Waals surface area (Å²) in [5.74, 6) is 0.147. The van der Waals surface area contributed by atoms with E-state index in [1.165, 1.54) is 0 Å². The van der Waals surface area contributed by atoms with Crippen molar-refractivity contribution < 1.29 is 9.59 Å². The third kappa shape index (κ3) is 3.63. The number of nitrogens with zero attached hydrogens (tertiary/aromatic N) is 2. The number of thioether (sulfide) groups is 1. The van der Waals surface area contributed by atoms with E-state index in [1.807, 2.05) is 0 Å². The molecule has 3 rings (SSSR count). The van der Waals surface area contributed by atoms with Gasteiger partial charge in [0.2, 0.25) is 5.95 Å². The molecule has 0 atom stereocenters. The normalized spacial score (nSPS) is 27.0. The second-order valence-electron chi connectivity index (χ2n) is 5.41. The Morgan fingerprint density at radius 3 is 2.77 bits per heavy atom. The van der Waals surface area contributed by atoms with Gasteiger partial charge in [0.25, 0.3) is 11.1 Å². The average Bonchev–Trinajstić information content (AvgIpc) is 2.80. The van der Waals surface area contributed by atoms with E-state index in [0.29, 0.717) is 28.6 Å². The highest BCUT2D eigenvalue weighted by Gasteiger charge is 2.25. The lowest BCUT2D eigenvalue weighted by Gasteiger charge is -2.26. The molecule has 2 aliphatic rings. The quantitative estimate of drug-likeness (QED) is 0.724. The Morgan fingerprint density at radius 1 is 1.32 bits per heavy atom. The van der Waals surface area contributed by atoms with Crippen LogP contribution in [-0.2, 0) is 4.79 Å². The van der Waals surface area contributed by atoms with Gasteiger partial charge in [-0.3, -0.25) is 14.9 Å². The van der Waals surface area contributed by atoms with Gasteiger partial charge < -0.3 is 11.1 Å². The predicted molar refractivity (Wildman–Crippen MR) is 85.0 cm³/mol. The van der Waals surface area contributed by atoms with Gasteiger partial charge in [0.1, 0.15) is 0 Å². The van der Waals surface area contributed by atoms with E-state index in [2.05, 4.69) is 20.6 Å². The maximum atomic E-state index is 11.5. The first-order valence-electron chi connectivity index (χ1n) is 7.20. The second-order valence-corrected chi connectivity index (χ2v) is 6.43. The monoisotopic (exact) mass is 319 g/mol. The number of anilines is 1. The molecule has 0 radical (unpaired) electrons. The Balaban J connectivity index is 1.69. The summed E-state index contributed by atoms with van der Waals surface area (Å²) in [6, 6.07) is 2.32. The number of nitrogens with two attached hydrogens (primary N) is 1. The molecule has 2 amide bonds. The molecule has 8 heteroatoms. The Hall–Kier alpha value is -1.93. The molecule has 116 valence electrons. The summed E-state index contributed by atoms with van der Waals surface area (Å²) in [6.45, 7) is 0. The van der Waals surface area contributed by atoms with Crippen LogP contribution in [0, 0.1) is 0 Å². The zero-order chi connectivity index (χ0) is 15.5. The summed E-state index contributed by atoms with van der Waals surface area (Å²) in [5, 5.41) is 5.16. The molecule has 1 aromatic heterocycles. The van der Waals surface area contributed by atoms with Crippen molar-refractivity contribution in [2.45, 2.75) is 37.8 Å². The van der Waals surface area contributed by atoms with E-state index in [4.69, 9.17) is 5.73 Å². The summed E-state index contributed by atoms with van der Waals surface area (Å²) in [4.78, 5) is 31.6. The van der Waals surface area contributed by atoms with Crippen LogP contribution in [0.4, 0.5) is 10.7 Å². The van der Waals surface area contributed by atoms with Crippen LogP contribution in [0.25, 0.3) is 6.08 Å². The van der Waals surface area contributed by atoms with Gasteiger partial charge in [-0.15, -0.1) is 0 Å². The standard InChI is InChI=1S/C14H17N5O2S/c15-8-1-3-9(4-2-8)17-13-16-6-5-10(18-13)7-11-12(20)19-14(21)22-11/h5-9H,1-4,15H2,(H,16,17,18)(H,19,20,21)/t8-,9+. The first-order valence-corrected chi connectivity index (χ1v) is 8.02. The second kappa shape index (κ2) is 6.45. The van der Waals surface area contributed by atoms with Crippen molar-refractivity contribution in [3.05, 3.63) is 22.9 Å². The Labute approximate surface area is 132 Å². The maximum absolute atomic E-state index is 11.5. The number of hydrogen-bond acceptors (Lipinski definition) is 7. The van der Waals surface area contributed by atoms with Crippen LogP contribution in [0.2, 0.25) is 0 Å². The first kappa shape index (κ1) is 15.0. The lowest BCUT2D eigenvalue weighted by Crippen LogP contribution is -2.33. The fourth-order valence-electron chi connectivity index (χ4n) is 2.52. The van der Waals surface area contributed by atoms with E-state index in [0.717, 1.165) is 37.4 Å². The molecule has 2 heterocycles. The van der Waals surface area contributed by atoms with E-state index >= 15 is 0 Å².